The van der Waals surface area contributed by atoms with Gasteiger partial charge in [-0.15, -0.1) is 0 Å². The molecule has 2 N–H and O–H groups in total. The number of benzene rings is 1. The molecule has 0 aliphatic rings. The fourth-order valence-corrected chi connectivity index (χ4v) is 2.14. The zero-order valence-electron chi connectivity index (χ0n) is 12.2. The third-order valence-electron chi connectivity index (χ3n) is 3.35. The summed E-state index contributed by atoms with van der Waals surface area (Å²) in [5.41, 5.74) is 2.53. The standard InChI is InChI=1S/C15H27N3/c1-5-18(6-2)12-13(3)17-11-14-9-7-8-10-15(14)16-4/h7-10,13,16-17H,5-6,11-12H2,1-4H3. The van der Waals surface area contributed by atoms with Crippen LogP contribution in [0.2, 0.25) is 0 Å². The van der Waals surface area contributed by atoms with Gasteiger partial charge in [-0.25, -0.2) is 0 Å². The molecule has 1 aromatic carbocycles. The monoisotopic (exact) mass is 249 g/mol. The Morgan fingerprint density at radius 2 is 1.83 bits per heavy atom. The van der Waals surface area contributed by atoms with Gasteiger partial charge in [0.25, 0.3) is 0 Å². The maximum atomic E-state index is 3.59. The second-order valence-corrected chi connectivity index (χ2v) is 4.67. The summed E-state index contributed by atoms with van der Waals surface area (Å²) < 4.78 is 0. The molecule has 0 saturated heterocycles. The molecule has 3 nitrogen and oxygen atoms in total. The van der Waals surface area contributed by atoms with Gasteiger partial charge >= 0.3 is 0 Å². The van der Waals surface area contributed by atoms with Gasteiger partial charge in [0.15, 0.2) is 0 Å². The summed E-state index contributed by atoms with van der Waals surface area (Å²) in [6.45, 7) is 10.9. The second-order valence-electron chi connectivity index (χ2n) is 4.67. The van der Waals surface area contributed by atoms with Crippen LogP contribution in [0, 0.1) is 0 Å². The minimum absolute atomic E-state index is 0.509. The highest BCUT2D eigenvalue weighted by molar-refractivity contribution is 5.50. The van der Waals surface area contributed by atoms with Crippen molar-refractivity contribution >= 4 is 5.69 Å². The Hall–Kier alpha value is -1.06. The predicted octanol–water partition coefficient (Wildman–Crippen LogP) is 2.55. The van der Waals surface area contributed by atoms with Crippen LogP contribution in [0.1, 0.15) is 26.3 Å². The van der Waals surface area contributed by atoms with Gasteiger partial charge in [-0.05, 0) is 31.6 Å². The summed E-state index contributed by atoms with van der Waals surface area (Å²) in [7, 11) is 1.97. The Morgan fingerprint density at radius 1 is 1.17 bits per heavy atom. The van der Waals surface area contributed by atoms with Crippen LogP contribution in [0.25, 0.3) is 0 Å². The van der Waals surface area contributed by atoms with E-state index in [1.807, 2.05) is 7.05 Å². The summed E-state index contributed by atoms with van der Waals surface area (Å²) in [5, 5.41) is 6.82. The van der Waals surface area contributed by atoms with Crippen molar-refractivity contribution in [2.24, 2.45) is 0 Å². The summed E-state index contributed by atoms with van der Waals surface area (Å²) >= 11 is 0. The van der Waals surface area contributed by atoms with E-state index in [-0.39, 0.29) is 0 Å². The molecule has 1 aromatic rings. The van der Waals surface area contributed by atoms with Crippen LogP contribution in [0.15, 0.2) is 24.3 Å². The number of hydrogen-bond donors (Lipinski definition) is 2. The molecule has 0 radical (unpaired) electrons. The smallest absolute Gasteiger partial charge is 0.0383 e. The average Bonchev–Trinajstić information content (AvgIpc) is 2.42. The average molecular weight is 249 g/mol. The van der Waals surface area contributed by atoms with E-state index < -0.39 is 0 Å². The van der Waals surface area contributed by atoms with Gasteiger partial charge < -0.3 is 15.5 Å². The van der Waals surface area contributed by atoms with Gasteiger partial charge in [-0.2, -0.15) is 0 Å². The lowest BCUT2D eigenvalue weighted by atomic mass is 10.1. The van der Waals surface area contributed by atoms with Crippen molar-refractivity contribution in [2.45, 2.75) is 33.4 Å². The van der Waals surface area contributed by atoms with Crippen LogP contribution in [0.5, 0.6) is 0 Å². The Morgan fingerprint density at radius 3 is 2.44 bits per heavy atom. The van der Waals surface area contributed by atoms with Crippen LogP contribution >= 0.6 is 0 Å². The summed E-state index contributed by atoms with van der Waals surface area (Å²) in [4.78, 5) is 2.45. The van der Waals surface area contributed by atoms with Gasteiger partial charge in [0.2, 0.25) is 0 Å². The first-order chi connectivity index (χ1) is 8.71. The molecule has 0 bridgehead atoms. The first-order valence-electron chi connectivity index (χ1n) is 6.92. The minimum Gasteiger partial charge on any atom is -0.388 e. The lowest BCUT2D eigenvalue weighted by Gasteiger charge is -2.23. The zero-order valence-corrected chi connectivity index (χ0v) is 12.2. The van der Waals surface area contributed by atoms with Crippen molar-refractivity contribution in [3.63, 3.8) is 0 Å². The van der Waals surface area contributed by atoms with E-state index in [1.54, 1.807) is 0 Å². The first-order valence-corrected chi connectivity index (χ1v) is 6.92. The molecule has 102 valence electrons. The fourth-order valence-electron chi connectivity index (χ4n) is 2.14. The minimum atomic E-state index is 0.509. The molecule has 18 heavy (non-hydrogen) atoms. The topological polar surface area (TPSA) is 27.3 Å². The number of hydrogen-bond acceptors (Lipinski definition) is 3. The molecular weight excluding hydrogens is 222 g/mol. The van der Waals surface area contributed by atoms with E-state index in [1.165, 1.54) is 11.3 Å². The molecule has 0 spiro atoms. The fraction of sp³-hybridized carbons (Fsp3) is 0.600. The molecule has 0 aliphatic heterocycles. The van der Waals surface area contributed by atoms with E-state index in [0.717, 1.165) is 26.2 Å². The van der Waals surface area contributed by atoms with Gasteiger partial charge in [-0.3, -0.25) is 0 Å². The predicted molar refractivity (Wildman–Crippen MR) is 80.1 cm³/mol. The Kier molecular flexibility index (Phi) is 6.76. The lowest BCUT2D eigenvalue weighted by molar-refractivity contribution is 0.271. The summed E-state index contributed by atoms with van der Waals surface area (Å²) in [6.07, 6.45) is 0. The number of para-hydroxylation sites is 1. The van der Waals surface area contributed by atoms with Crippen molar-refractivity contribution in [2.75, 3.05) is 32.0 Å². The molecule has 1 rings (SSSR count). The number of nitrogens with one attached hydrogen (secondary N) is 2. The Labute approximate surface area is 112 Å². The molecule has 0 aromatic heterocycles. The van der Waals surface area contributed by atoms with Crippen molar-refractivity contribution in [3.05, 3.63) is 29.8 Å². The highest BCUT2D eigenvalue weighted by atomic mass is 15.1. The Balaban J connectivity index is 2.44. The summed E-state index contributed by atoms with van der Waals surface area (Å²) in [5.74, 6) is 0. The maximum absolute atomic E-state index is 3.59. The highest BCUT2D eigenvalue weighted by Gasteiger charge is 2.07. The van der Waals surface area contributed by atoms with E-state index in [0.29, 0.717) is 6.04 Å². The summed E-state index contributed by atoms with van der Waals surface area (Å²) in [6, 6.07) is 8.95. The van der Waals surface area contributed by atoms with Crippen molar-refractivity contribution in [1.82, 2.24) is 10.2 Å². The molecule has 0 saturated carbocycles. The van der Waals surface area contributed by atoms with Gasteiger partial charge in [-0.1, -0.05) is 32.0 Å². The second kappa shape index (κ2) is 8.11. The van der Waals surface area contributed by atoms with Crippen LogP contribution in [-0.4, -0.2) is 37.6 Å². The van der Waals surface area contributed by atoms with Crippen LogP contribution in [-0.2, 0) is 6.54 Å². The van der Waals surface area contributed by atoms with E-state index in [4.69, 9.17) is 0 Å². The number of nitrogens with zero attached hydrogens (tertiary/aromatic N) is 1. The molecule has 1 atom stereocenters. The van der Waals surface area contributed by atoms with Gasteiger partial charge in [0.1, 0.15) is 0 Å². The van der Waals surface area contributed by atoms with E-state index in [2.05, 4.69) is 60.6 Å². The molecule has 0 heterocycles. The van der Waals surface area contributed by atoms with Crippen molar-refractivity contribution in [1.29, 1.82) is 0 Å². The van der Waals surface area contributed by atoms with Gasteiger partial charge in [0, 0.05) is 31.9 Å². The third kappa shape index (κ3) is 4.67. The molecule has 3 heteroatoms. The SMILES string of the molecule is CCN(CC)CC(C)NCc1ccccc1NC. The molecule has 0 aliphatic carbocycles. The van der Waals surface area contributed by atoms with Crippen LogP contribution < -0.4 is 10.6 Å². The number of anilines is 1. The maximum Gasteiger partial charge on any atom is 0.0383 e. The molecule has 0 amide bonds. The quantitative estimate of drug-likeness (QED) is 0.741. The van der Waals surface area contributed by atoms with E-state index in [9.17, 15) is 0 Å². The number of likely N-dealkylation sites (N-methyl/N-ethyl adjacent to an activating group) is 1. The van der Waals surface area contributed by atoms with Gasteiger partial charge in [0.05, 0.1) is 0 Å². The Bertz CT molecular complexity index is 334. The largest absolute Gasteiger partial charge is 0.388 e. The first kappa shape index (κ1) is 15.0. The molecular formula is C15H27N3. The van der Waals surface area contributed by atoms with Crippen LogP contribution in [0.4, 0.5) is 5.69 Å². The normalized spacial score (nSPS) is 12.7. The highest BCUT2D eigenvalue weighted by Crippen LogP contribution is 2.13. The third-order valence-corrected chi connectivity index (χ3v) is 3.35. The van der Waals surface area contributed by atoms with Crippen molar-refractivity contribution in [3.8, 4) is 0 Å². The van der Waals surface area contributed by atoms with Crippen LogP contribution in [0.3, 0.4) is 0 Å². The number of rotatable bonds is 8. The zero-order chi connectivity index (χ0) is 13.4. The molecule has 0 fully saturated rings. The lowest BCUT2D eigenvalue weighted by Crippen LogP contribution is -2.38. The molecule has 1 unspecified atom stereocenters. The van der Waals surface area contributed by atoms with Crippen molar-refractivity contribution < 1.29 is 0 Å². The van der Waals surface area contributed by atoms with E-state index >= 15 is 0 Å².